The van der Waals surface area contributed by atoms with E-state index in [0.29, 0.717) is 12.2 Å². The van der Waals surface area contributed by atoms with Gasteiger partial charge in [0.1, 0.15) is 17.8 Å². The zero-order valence-electron chi connectivity index (χ0n) is 24.4. The summed E-state index contributed by atoms with van der Waals surface area (Å²) in [5.41, 5.74) is 14.9. The van der Waals surface area contributed by atoms with E-state index in [-0.39, 0.29) is 31.3 Å². The molecule has 3 atom stereocenters. The van der Waals surface area contributed by atoms with E-state index >= 15 is 0 Å². The van der Waals surface area contributed by atoms with Crippen LogP contribution in [0.2, 0.25) is 0 Å². The van der Waals surface area contributed by atoms with Crippen LogP contribution in [0.5, 0.6) is 5.75 Å². The summed E-state index contributed by atoms with van der Waals surface area (Å²) in [5.74, 6) is -1.91. The summed E-state index contributed by atoms with van der Waals surface area (Å²) in [5, 5.41) is 7.35. The van der Waals surface area contributed by atoms with Crippen molar-refractivity contribution >= 4 is 35.0 Å². The van der Waals surface area contributed by atoms with Crippen molar-refractivity contribution in [2.24, 2.45) is 17.4 Å². The summed E-state index contributed by atoms with van der Waals surface area (Å²) in [6.45, 7) is 1.44. The smallest absolute Gasteiger partial charge is 0.258 e. The highest BCUT2D eigenvalue weighted by atomic mass is 32.1. The largest absolute Gasteiger partial charge is 0.484 e. The highest BCUT2D eigenvalue weighted by Crippen LogP contribution is 2.20. The summed E-state index contributed by atoms with van der Waals surface area (Å²) >= 11 is 1.46. The van der Waals surface area contributed by atoms with Crippen LogP contribution in [0, 0.1) is 5.92 Å². The van der Waals surface area contributed by atoms with Gasteiger partial charge in [0.2, 0.25) is 17.7 Å². The van der Waals surface area contributed by atoms with E-state index in [1.54, 1.807) is 31.2 Å². The maximum Gasteiger partial charge on any atom is 0.258 e. The fourth-order valence-electron chi connectivity index (χ4n) is 4.59. The predicted molar refractivity (Wildman–Crippen MR) is 171 cm³/mol. The third-order valence-electron chi connectivity index (χ3n) is 7.12. The Morgan fingerprint density at radius 2 is 1.34 bits per heavy atom. The molecule has 1 heterocycles. The number of carbonyl (C=O) groups excluding carboxylic acids is 4. The molecule has 44 heavy (non-hydrogen) atoms. The number of rotatable bonds is 15. The molecule has 9 nitrogen and oxygen atoms in total. The Hall–Kier alpha value is -4.96. The molecule has 228 valence electrons. The number of ether oxygens (including phenoxy) is 1. The molecular weight excluding hydrogens is 576 g/mol. The molecule has 0 aliphatic carbocycles. The summed E-state index contributed by atoms with van der Waals surface area (Å²) in [7, 11) is 0. The number of nitrogens with one attached hydrogen (secondary N) is 2. The summed E-state index contributed by atoms with van der Waals surface area (Å²) < 4.78 is 5.62. The number of hydrogen-bond acceptors (Lipinski definition) is 6. The first-order valence-electron chi connectivity index (χ1n) is 14.2. The second kappa shape index (κ2) is 15.5. The minimum atomic E-state index is -0.972. The van der Waals surface area contributed by atoms with Crippen LogP contribution >= 0.6 is 11.3 Å². The fraction of sp³-hybridized carbons (Fsp3) is 0.235. The van der Waals surface area contributed by atoms with Crippen molar-refractivity contribution in [3.05, 3.63) is 112 Å². The zero-order chi connectivity index (χ0) is 31.5. The van der Waals surface area contributed by atoms with Gasteiger partial charge in [-0.2, -0.15) is 0 Å². The van der Waals surface area contributed by atoms with Gasteiger partial charge in [-0.05, 0) is 52.3 Å². The Bertz CT molecular complexity index is 1540. The highest BCUT2D eigenvalue weighted by Gasteiger charge is 2.27. The molecule has 4 rings (SSSR count). The van der Waals surface area contributed by atoms with Gasteiger partial charge >= 0.3 is 0 Å². The van der Waals surface area contributed by atoms with Crippen LogP contribution < -0.4 is 26.8 Å². The van der Waals surface area contributed by atoms with Gasteiger partial charge in [0.25, 0.3) is 5.91 Å². The van der Waals surface area contributed by atoms with E-state index in [1.165, 1.54) is 11.3 Å². The van der Waals surface area contributed by atoms with Crippen LogP contribution in [-0.4, -0.2) is 42.3 Å². The maximum absolute atomic E-state index is 13.4. The van der Waals surface area contributed by atoms with E-state index in [0.717, 1.165) is 27.1 Å². The first-order chi connectivity index (χ1) is 21.2. The second-order valence-corrected chi connectivity index (χ2v) is 11.6. The summed E-state index contributed by atoms with van der Waals surface area (Å²) in [6, 6.07) is 26.4. The number of carbonyl (C=O) groups is 4. The molecule has 0 aliphatic rings. The lowest BCUT2D eigenvalue weighted by Gasteiger charge is -2.22. The first kappa shape index (κ1) is 32.0. The molecule has 6 N–H and O–H groups in total. The summed E-state index contributed by atoms with van der Waals surface area (Å²) in [6.07, 6.45) is 0.938. The Balaban J connectivity index is 1.37. The molecular formula is C34H36N4O5S. The summed E-state index contributed by atoms with van der Waals surface area (Å²) in [4.78, 5) is 50.8. The Morgan fingerprint density at radius 3 is 1.95 bits per heavy atom. The van der Waals surface area contributed by atoms with E-state index < -0.39 is 29.8 Å². The number of benzene rings is 3. The second-order valence-electron chi connectivity index (χ2n) is 10.6. The molecule has 0 aliphatic heterocycles. The van der Waals surface area contributed by atoms with Gasteiger partial charge in [-0.25, -0.2) is 0 Å². The molecule has 0 fully saturated rings. The molecule has 0 unspecified atom stereocenters. The molecule has 0 saturated carbocycles. The lowest BCUT2D eigenvalue weighted by Crippen LogP contribution is -2.54. The molecule has 0 bridgehead atoms. The van der Waals surface area contributed by atoms with Crippen LogP contribution in [0.3, 0.4) is 0 Å². The van der Waals surface area contributed by atoms with E-state index in [9.17, 15) is 19.2 Å². The Labute approximate surface area is 260 Å². The maximum atomic E-state index is 13.4. The van der Waals surface area contributed by atoms with Gasteiger partial charge in [0, 0.05) is 23.6 Å². The number of nitrogens with two attached hydrogens (primary N) is 2. The van der Waals surface area contributed by atoms with Gasteiger partial charge in [-0.15, -0.1) is 11.3 Å². The molecule has 1 aromatic heterocycles. The van der Waals surface area contributed by atoms with Crippen molar-refractivity contribution in [3.63, 3.8) is 0 Å². The third kappa shape index (κ3) is 9.53. The molecule has 10 heteroatoms. The normalized spacial score (nSPS) is 12.8. The first-order valence-corrected chi connectivity index (χ1v) is 15.1. The van der Waals surface area contributed by atoms with E-state index in [4.69, 9.17) is 16.2 Å². The molecule has 0 radical (unpaired) electrons. The Kier molecular flexibility index (Phi) is 11.3. The van der Waals surface area contributed by atoms with Crippen LogP contribution in [0.25, 0.3) is 11.1 Å². The van der Waals surface area contributed by atoms with Gasteiger partial charge in [-0.1, -0.05) is 79.7 Å². The monoisotopic (exact) mass is 612 g/mol. The standard InChI is InChI=1S/C34H36N4O5S/c1-22(32(35)40)18-23-11-15-27(16-12-23)43-21-31(39)37-30(20-28-8-5-17-44-28)34(42)38-29(33(36)41)19-24-9-13-26(14-10-24)25-6-3-2-4-7-25/h2-17,22,29-30H,18-21H2,1H3,(H2,35,40)(H2,36,41)(H,37,39)(H,38,42)/t22-,29-,30-/m0/s1. The molecule has 3 aromatic carbocycles. The van der Waals surface area contributed by atoms with Crippen molar-refractivity contribution in [2.45, 2.75) is 38.3 Å². The molecule has 0 spiro atoms. The van der Waals surface area contributed by atoms with Gasteiger partial charge in [0.15, 0.2) is 6.61 Å². The number of hydrogen-bond donors (Lipinski definition) is 4. The Morgan fingerprint density at radius 1 is 0.705 bits per heavy atom. The highest BCUT2D eigenvalue weighted by molar-refractivity contribution is 7.09. The third-order valence-corrected chi connectivity index (χ3v) is 8.02. The van der Waals surface area contributed by atoms with Crippen LogP contribution in [-0.2, 0) is 38.4 Å². The molecule has 4 aromatic rings. The van der Waals surface area contributed by atoms with Crippen LogP contribution in [0.1, 0.15) is 22.9 Å². The lowest BCUT2D eigenvalue weighted by molar-refractivity contribution is -0.131. The van der Waals surface area contributed by atoms with Crippen LogP contribution in [0.15, 0.2) is 96.4 Å². The van der Waals surface area contributed by atoms with Crippen molar-refractivity contribution < 1.29 is 23.9 Å². The van der Waals surface area contributed by atoms with Crippen molar-refractivity contribution in [2.75, 3.05) is 6.61 Å². The predicted octanol–water partition coefficient (Wildman–Crippen LogP) is 3.40. The van der Waals surface area contributed by atoms with Gasteiger partial charge in [0.05, 0.1) is 0 Å². The van der Waals surface area contributed by atoms with E-state index in [1.807, 2.05) is 72.1 Å². The quantitative estimate of drug-likeness (QED) is 0.162. The SMILES string of the molecule is C[C@@H](Cc1ccc(OCC(=O)N[C@@H](Cc2cccs2)C(=O)N[C@@H](Cc2ccc(-c3ccccc3)cc2)C(N)=O)cc1)C(N)=O. The number of amides is 4. The minimum absolute atomic E-state index is 0.202. The average Bonchev–Trinajstić information content (AvgIpc) is 3.54. The molecule has 0 saturated heterocycles. The van der Waals surface area contributed by atoms with Crippen molar-refractivity contribution in [3.8, 4) is 16.9 Å². The average molecular weight is 613 g/mol. The fourth-order valence-corrected chi connectivity index (χ4v) is 5.35. The van der Waals surface area contributed by atoms with Gasteiger partial charge < -0.3 is 26.8 Å². The number of thiophene rings is 1. The molecule has 4 amide bonds. The zero-order valence-corrected chi connectivity index (χ0v) is 25.2. The van der Waals surface area contributed by atoms with Crippen LogP contribution in [0.4, 0.5) is 0 Å². The van der Waals surface area contributed by atoms with E-state index in [2.05, 4.69) is 10.6 Å². The topological polar surface area (TPSA) is 154 Å². The van der Waals surface area contributed by atoms with Crippen molar-refractivity contribution in [1.29, 1.82) is 0 Å². The van der Waals surface area contributed by atoms with Gasteiger partial charge in [-0.3, -0.25) is 19.2 Å². The lowest BCUT2D eigenvalue weighted by atomic mass is 10.00. The minimum Gasteiger partial charge on any atom is -0.484 e. The van der Waals surface area contributed by atoms with Crippen molar-refractivity contribution in [1.82, 2.24) is 10.6 Å². The number of primary amides is 2.